The molecular weight excluding hydrogens is 284 g/mol. The minimum absolute atomic E-state index is 0.0190. The molecule has 0 N–H and O–H groups in total. The molecule has 4 atom stereocenters. The van der Waals surface area contributed by atoms with Crippen molar-refractivity contribution in [1.82, 2.24) is 0 Å². The van der Waals surface area contributed by atoms with Crippen molar-refractivity contribution in [2.75, 3.05) is 20.8 Å². The van der Waals surface area contributed by atoms with Crippen LogP contribution in [0.15, 0.2) is 23.8 Å². The van der Waals surface area contributed by atoms with Gasteiger partial charge in [-0.2, -0.15) is 0 Å². The second-order valence-corrected chi connectivity index (χ2v) is 5.76. The Bertz CT molecular complexity index is 633. The summed E-state index contributed by atoms with van der Waals surface area (Å²) >= 11 is 0. The smallest absolute Gasteiger partial charge is 0.330 e. The summed E-state index contributed by atoms with van der Waals surface area (Å²) in [5.41, 5.74) is 3.45. The van der Waals surface area contributed by atoms with Crippen LogP contribution in [0, 0.1) is 11.8 Å². The lowest BCUT2D eigenvalue weighted by Crippen LogP contribution is -2.02. The number of rotatable bonds is 4. The zero-order valence-electron chi connectivity index (χ0n) is 12.8. The third kappa shape index (κ3) is 1.72. The van der Waals surface area contributed by atoms with Crippen LogP contribution in [0.1, 0.15) is 30.3 Å². The first kappa shape index (κ1) is 13.6. The number of hydrogen-bond acceptors (Lipinski definition) is 5. The molecular formula is C17H18O5. The molecule has 5 nitrogen and oxygen atoms in total. The van der Waals surface area contributed by atoms with Gasteiger partial charge < -0.3 is 18.9 Å². The summed E-state index contributed by atoms with van der Waals surface area (Å²) in [4.78, 5) is 11.7. The molecule has 0 spiro atoms. The molecule has 1 aromatic carbocycles. The Morgan fingerprint density at radius 1 is 1.14 bits per heavy atom. The quantitative estimate of drug-likeness (QED) is 0.632. The van der Waals surface area contributed by atoms with E-state index in [0.29, 0.717) is 29.9 Å². The Hall–Kier alpha value is -2.01. The molecule has 0 amide bonds. The molecule has 2 heterocycles. The topological polar surface area (TPSA) is 54.0 Å². The molecule has 5 heteroatoms. The summed E-state index contributed by atoms with van der Waals surface area (Å²) in [5.74, 6) is 1.78. The van der Waals surface area contributed by atoms with Crippen molar-refractivity contribution in [2.24, 2.45) is 11.8 Å². The van der Waals surface area contributed by atoms with Crippen LogP contribution in [0.2, 0.25) is 0 Å². The van der Waals surface area contributed by atoms with E-state index in [2.05, 4.69) is 0 Å². The van der Waals surface area contributed by atoms with Gasteiger partial charge in [-0.3, -0.25) is 0 Å². The summed E-state index contributed by atoms with van der Waals surface area (Å²) in [6.07, 6.45) is 1.68. The highest BCUT2D eigenvalue weighted by molar-refractivity contribution is 5.84. The first-order valence-electron chi connectivity index (χ1n) is 7.49. The number of hydrogen-bond donors (Lipinski definition) is 0. The van der Waals surface area contributed by atoms with Gasteiger partial charge in [0, 0.05) is 17.9 Å². The van der Waals surface area contributed by atoms with Crippen LogP contribution in [-0.4, -0.2) is 26.8 Å². The van der Waals surface area contributed by atoms with E-state index in [0.717, 1.165) is 16.7 Å². The van der Waals surface area contributed by atoms with Crippen LogP contribution in [0.5, 0.6) is 11.5 Å². The normalized spacial score (nSPS) is 29.7. The molecule has 4 unspecified atom stereocenters. The van der Waals surface area contributed by atoms with Gasteiger partial charge in [-0.1, -0.05) is 0 Å². The fraction of sp³-hybridized carbons (Fsp3) is 0.471. The van der Waals surface area contributed by atoms with Crippen LogP contribution in [0.3, 0.4) is 0 Å². The molecule has 22 heavy (non-hydrogen) atoms. The van der Waals surface area contributed by atoms with Crippen molar-refractivity contribution in [2.45, 2.75) is 19.1 Å². The first-order valence-corrected chi connectivity index (χ1v) is 7.49. The minimum Gasteiger partial charge on any atom is -0.493 e. The van der Waals surface area contributed by atoms with E-state index in [1.807, 2.05) is 19.1 Å². The summed E-state index contributed by atoms with van der Waals surface area (Å²) in [7, 11) is 3.26. The fourth-order valence-corrected chi connectivity index (χ4v) is 3.83. The second-order valence-electron chi connectivity index (χ2n) is 5.76. The van der Waals surface area contributed by atoms with Gasteiger partial charge in [0.25, 0.3) is 0 Å². The lowest BCUT2D eigenvalue weighted by Gasteiger charge is -2.14. The van der Waals surface area contributed by atoms with Gasteiger partial charge >= 0.3 is 5.97 Å². The van der Waals surface area contributed by atoms with E-state index < -0.39 is 0 Å². The predicted octanol–water partition coefficient (Wildman–Crippen LogP) is 2.57. The molecule has 3 aliphatic rings. The molecule has 2 fully saturated rings. The van der Waals surface area contributed by atoms with E-state index in [-0.39, 0.29) is 18.2 Å². The average molecular weight is 302 g/mol. The number of carbonyl (C=O) groups is 1. The minimum atomic E-state index is -0.259. The molecule has 0 radical (unpaired) electrons. The van der Waals surface area contributed by atoms with Crippen LogP contribution < -0.4 is 9.47 Å². The molecule has 2 aliphatic heterocycles. The molecule has 1 aliphatic carbocycles. The van der Waals surface area contributed by atoms with Crippen molar-refractivity contribution >= 4 is 5.97 Å². The van der Waals surface area contributed by atoms with Crippen LogP contribution in [-0.2, 0) is 14.3 Å². The summed E-state index contributed by atoms with van der Waals surface area (Å²) in [6.45, 7) is 2.21. The lowest BCUT2D eigenvalue weighted by molar-refractivity contribution is -0.137. The molecule has 2 bridgehead atoms. The third-order valence-corrected chi connectivity index (χ3v) is 4.77. The Balaban J connectivity index is 1.66. The molecule has 1 saturated carbocycles. The molecule has 1 aromatic rings. The number of fused-ring (bicyclic) bond motifs is 8. The predicted molar refractivity (Wildman–Crippen MR) is 77.8 cm³/mol. The van der Waals surface area contributed by atoms with E-state index in [4.69, 9.17) is 18.9 Å². The van der Waals surface area contributed by atoms with Crippen molar-refractivity contribution in [3.8, 4) is 11.5 Å². The van der Waals surface area contributed by atoms with Crippen molar-refractivity contribution in [3.63, 3.8) is 0 Å². The van der Waals surface area contributed by atoms with E-state index in [1.54, 1.807) is 20.3 Å². The number of benzene rings is 1. The highest BCUT2D eigenvalue weighted by Crippen LogP contribution is 2.72. The van der Waals surface area contributed by atoms with Crippen molar-refractivity contribution < 1.29 is 23.7 Å². The first-order chi connectivity index (χ1) is 10.7. The SMILES string of the molecule is CCOC(=O)C=C1C2C3OC(c4cc(OC)c(OC)cc43)C12. The number of methoxy groups -OCH3 is 2. The van der Waals surface area contributed by atoms with Gasteiger partial charge in [0.1, 0.15) is 0 Å². The number of ether oxygens (including phenoxy) is 4. The highest BCUT2D eigenvalue weighted by Gasteiger charge is 2.65. The van der Waals surface area contributed by atoms with Crippen molar-refractivity contribution in [3.05, 3.63) is 34.9 Å². The average Bonchev–Trinajstić information content (AvgIpc) is 2.93. The largest absolute Gasteiger partial charge is 0.493 e. The lowest BCUT2D eigenvalue weighted by atomic mass is 9.91. The van der Waals surface area contributed by atoms with Crippen LogP contribution >= 0.6 is 0 Å². The van der Waals surface area contributed by atoms with Crippen molar-refractivity contribution in [1.29, 1.82) is 0 Å². The molecule has 116 valence electrons. The van der Waals surface area contributed by atoms with Gasteiger partial charge in [0.2, 0.25) is 0 Å². The zero-order chi connectivity index (χ0) is 15.4. The molecule has 0 aromatic heterocycles. The summed E-state index contributed by atoms with van der Waals surface area (Å²) < 4.78 is 21.8. The fourth-order valence-electron chi connectivity index (χ4n) is 3.83. The standard InChI is InChI=1S/C17H18O5/c1-4-21-13(18)7-10-14-15(10)17-9-6-12(20-3)11(19-2)5-8(9)16(14)22-17/h5-7,14-17H,4H2,1-3H3. The maximum Gasteiger partial charge on any atom is 0.330 e. The maximum absolute atomic E-state index is 11.7. The van der Waals surface area contributed by atoms with E-state index in [1.165, 1.54) is 0 Å². The Labute approximate surface area is 128 Å². The van der Waals surface area contributed by atoms with Gasteiger partial charge in [-0.15, -0.1) is 0 Å². The van der Waals surface area contributed by atoms with Gasteiger partial charge in [0.15, 0.2) is 11.5 Å². The number of carbonyl (C=O) groups excluding carboxylic acids is 1. The Morgan fingerprint density at radius 3 is 2.14 bits per heavy atom. The Morgan fingerprint density at radius 2 is 1.68 bits per heavy atom. The zero-order valence-corrected chi connectivity index (χ0v) is 12.8. The van der Waals surface area contributed by atoms with Gasteiger partial charge in [-0.05, 0) is 35.8 Å². The highest BCUT2D eigenvalue weighted by atomic mass is 16.5. The van der Waals surface area contributed by atoms with Crippen LogP contribution in [0.4, 0.5) is 0 Å². The second kappa shape index (κ2) is 4.74. The van der Waals surface area contributed by atoms with E-state index in [9.17, 15) is 4.79 Å². The van der Waals surface area contributed by atoms with Gasteiger partial charge in [0.05, 0.1) is 33.0 Å². The van der Waals surface area contributed by atoms with E-state index >= 15 is 0 Å². The van der Waals surface area contributed by atoms with Crippen LogP contribution in [0.25, 0.3) is 0 Å². The summed E-state index contributed by atoms with van der Waals surface area (Å²) in [5, 5.41) is 0. The molecule has 4 rings (SSSR count). The maximum atomic E-state index is 11.7. The number of esters is 1. The van der Waals surface area contributed by atoms with Gasteiger partial charge in [-0.25, -0.2) is 4.79 Å². The Kier molecular flexibility index (Phi) is 2.94. The monoisotopic (exact) mass is 302 g/mol. The third-order valence-electron chi connectivity index (χ3n) is 4.77. The molecule has 1 saturated heterocycles. The summed E-state index contributed by atoms with van der Waals surface area (Å²) in [6, 6.07) is 3.99.